The van der Waals surface area contributed by atoms with E-state index in [1.807, 2.05) is 19.9 Å². The fourth-order valence-electron chi connectivity index (χ4n) is 4.28. The molecule has 2 aromatic carbocycles. The van der Waals surface area contributed by atoms with Gasteiger partial charge in [0.15, 0.2) is 0 Å². The van der Waals surface area contributed by atoms with Gasteiger partial charge in [-0.1, -0.05) is 62.7 Å². The van der Waals surface area contributed by atoms with Crippen LogP contribution in [-0.2, 0) is 26.5 Å². The van der Waals surface area contributed by atoms with Gasteiger partial charge in [-0.25, -0.2) is 4.57 Å². The Hall–Kier alpha value is -1.40. The highest BCUT2D eigenvalue weighted by Gasteiger charge is 2.45. The van der Waals surface area contributed by atoms with Gasteiger partial charge >= 0.3 is 7.82 Å². The second kappa shape index (κ2) is 11.4. The average Bonchev–Trinajstić information content (AvgIpc) is 2.80. The van der Waals surface area contributed by atoms with E-state index in [9.17, 15) is 9.46 Å². The van der Waals surface area contributed by atoms with Crippen LogP contribution in [0.2, 0.25) is 5.02 Å². The van der Waals surface area contributed by atoms with Gasteiger partial charge in [0.2, 0.25) is 0 Å². The van der Waals surface area contributed by atoms with Crippen molar-refractivity contribution in [3.8, 4) is 5.75 Å². The maximum Gasteiger partial charge on any atom is 0.472 e. The number of rotatable bonds is 5. The summed E-state index contributed by atoms with van der Waals surface area (Å²) in [6, 6.07) is 14.2. The van der Waals surface area contributed by atoms with Gasteiger partial charge in [0, 0.05) is 22.0 Å². The van der Waals surface area contributed by atoms with E-state index in [1.165, 1.54) is 24.0 Å². The van der Waals surface area contributed by atoms with Gasteiger partial charge in [0.05, 0.1) is 13.7 Å². The molecule has 33 heavy (non-hydrogen) atoms. The molecule has 2 aromatic rings. The molecule has 0 radical (unpaired) electrons. The zero-order valence-electron chi connectivity index (χ0n) is 19.8. The second-order valence-corrected chi connectivity index (χ2v) is 11.0. The Kier molecular flexibility index (Phi) is 9.02. The number of halogens is 1. The number of phosphoric acid groups is 1. The summed E-state index contributed by atoms with van der Waals surface area (Å²) in [6.45, 7) is 7.30. The highest BCUT2D eigenvalue weighted by atomic mass is 35.5. The number of ether oxygens (including phenoxy) is 1. The molecule has 0 aromatic heterocycles. The topological polar surface area (TPSA) is 77.0 Å². The molecule has 4 rings (SSSR count). The fraction of sp³-hybridized carbons (Fsp3) is 0.520. The highest BCUT2D eigenvalue weighted by molar-refractivity contribution is 7.47. The van der Waals surface area contributed by atoms with Crippen LogP contribution >= 0.6 is 19.4 Å². The van der Waals surface area contributed by atoms with Gasteiger partial charge in [-0.15, -0.1) is 0 Å². The number of fused-ring (bicyclic) bond motifs is 1. The van der Waals surface area contributed by atoms with Crippen LogP contribution in [0.25, 0.3) is 0 Å². The van der Waals surface area contributed by atoms with Gasteiger partial charge in [0.25, 0.3) is 0 Å². The molecule has 8 heteroatoms. The first-order valence-corrected chi connectivity index (χ1v) is 13.3. The van der Waals surface area contributed by atoms with Crippen molar-refractivity contribution in [3.05, 3.63) is 64.2 Å². The van der Waals surface area contributed by atoms with Crippen LogP contribution < -0.4 is 10.1 Å². The van der Waals surface area contributed by atoms with Crippen molar-refractivity contribution < 1.29 is 23.2 Å². The molecule has 2 aliphatic rings. The maximum atomic E-state index is 11.5. The lowest BCUT2D eigenvalue weighted by Gasteiger charge is -2.39. The lowest BCUT2D eigenvalue weighted by molar-refractivity contribution is -0.0472. The largest absolute Gasteiger partial charge is 0.496 e. The Morgan fingerprint density at radius 3 is 2.70 bits per heavy atom. The number of methoxy groups -OCH3 is 1. The first-order chi connectivity index (χ1) is 15.7. The Morgan fingerprint density at radius 2 is 2.00 bits per heavy atom. The summed E-state index contributed by atoms with van der Waals surface area (Å²) < 4.78 is 26.9. The Labute approximate surface area is 202 Å². The van der Waals surface area contributed by atoms with Gasteiger partial charge in [-0.05, 0) is 55.5 Å². The van der Waals surface area contributed by atoms with Gasteiger partial charge < -0.3 is 14.9 Å². The van der Waals surface area contributed by atoms with E-state index in [2.05, 4.69) is 30.4 Å². The molecule has 1 aliphatic heterocycles. The van der Waals surface area contributed by atoms with E-state index in [1.54, 1.807) is 25.3 Å². The Balaban J connectivity index is 0.000000186. The lowest BCUT2D eigenvalue weighted by atomic mass is 9.83. The summed E-state index contributed by atoms with van der Waals surface area (Å²) in [5.41, 5.74) is 3.16. The summed E-state index contributed by atoms with van der Waals surface area (Å²) in [7, 11) is -2.21. The van der Waals surface area contributed by atoms with Gasteiger partial charge in [-0.2, -0.15) is 0 Å². The Morgan fingerprint density at radius 1 is 1.24 bits per heavy atom. The predicted octanol–water partition coefficient (Wildman–Crippen LogP) is 6.11. The molecule has 6 nitrogen and oxygen atoms in total. The summed E-state index contributed by atoms with van der Waals surface area (Å²) in [5.74, 6) is 1.06. The van der Waals surface area contributed by atoms with Crippen molar-refractivity contribution in [1.29, 1.82) is 0 Å². The molecule has 0 saturated carbocycles. The quantitative estimate of drug-likeness (QED) is 0.487. The molecule has 2 N–H and O–H groups in total. The third kappa shape index (κ3) is 6.82. The van der Waals surface area contributed by atoms with Crippen LogP contribution in [0, 0.1) is 5.41 Å². The van der Waals surface area contributed by atoms with Crippen LogP contribution in [0.1, 0.15) is 56.4 Å². The van der Waals surface area contributed by atoms with Crippen molar-refractivity contribution in [3.63, 3.8) is 0 Å². The van der Waals surface area contributed by atoms with Crippen LogP contribution in [0.15, 0.2) is 42.5 Å². The number of nitrogens with one attached hydrogen (secondary N) is 1. The highest BCUT2D eigenvalue weighted by Crippen LogP contribution is 2.58. The number of hydrogen-bond donors (Lipinski definition) is 2. The molecule has 3 atom stereocenters. The smallest absolute Gasteiger partial charge is 0.472 e. The SMILES string of the molecule is CC1(C)COP(=O)(O)O[C@@H]1c1ccccc1Cl.CCCNC1CCc2c(cccc2OC)C1. The number of benzene rings is 2. The minimum absolute atomic E-state index is 0.149. The minimum Gasteiger partial charge on any atom is -0.496 e. The van der Waals surface area contributed by atoms with E-state index >= 15 is 0 Å². The summed E-state index contributed by atoms with van der Waals surface area (Å²) >= 11 is 6.09. The molecule has 1 heterocycles. The van der Waals surface area contributed by atoms with Crippen molar-refractivity contribution >= 4 is 19.4 Å². The third-order valence-electron chi connectivity index (χ3n) is 6.08. The first-order valence-electron chi connectivity index (χ1n) is 11.4. The van der Waals surface area contributed by atoms with Gasteiger partial charge in [0.1, 0.15) is 11.9 Å². The van der Waals surface area contributed by atoms with E-state index in [0.717, 1.165) is 25.1 Å². The molecule has 2 unspecified atom stereocenters. The molecular weight excluding hydrogens is 461 g/mol. The number of hydrogen-bond acceptors (Lipinski definition) is 5. The fourth-order valence-corrected chi connectivity index (χ4v) is 5.74. The maximum absolute atomic E-state index is 11.5. The van der Waals surface area contributed by atoms with Crippen LogP contribution in [0.5, 0.6) is 5.75 Å². The van der Waals surface area contributed by atoms with E-state index in [0.29, 0.717) is 16.6 Å². The minimum atomic E-state index is -3.97. The molecule has 0 amide bonds. The average molecular weight is 496 g/mol. The molecule has 0 bridgehead atoms. The second-order valence-electron chi connectivity index (χ2n) is 9.23. The molecule has 1 aliphatic carbocycles. The summed E-state index contributed by atoms with van der Waals surface area (Å²) in [4.78, 5) is 9.40. The predicted molar refractivity (Wildman–Crippen MR) is 132 cm³/mol. The van der Waals surface area contributed by atoms with E-state index in [4.69, 9.17) is 25.4 Å². The Bertz CT molecular complexity index is 983. The van der Waals surface area contributed by atoms with Crippen LogP contribution in [0.4, 0.5) is 0 Å². The van der Waals surface area contributed by atoms with Crippen molar-refractivity contribution in [2.24, 2.45) is 5.41 Å². The van der Waals surface area contributed by atoms with Gasteiger partial charge in [-0.3, -0.25) is 9.05 Å². The zero-order valence-corrected chi connectivity index (χ0v) is 21.5. The number of phosphoric ester groups is 1. The molecule has 182 valence electrons. The van der Waals surface area contributed by atoms with Crippen molar-refractivity contribution in [2.45, 2.75) is 58.6 Å². The lowest BCUT2D eigenvalue weighted by Crippen LogP contribution is -2.35. The summed E-state index contributed by atoms with van der Waals surface area (Å²) in [6.07, 6.45) is 4.17. The molecule has 1 saturated heterocycles. The zero-order chi connectivity index (χ0) is 24.1. The van der Waals surface area contributed by atoms with Crippen molar-refractivity contribution in [1.82, 2.24) is 5.32 Å². The van der Waals surface area contributed by atoms with Crippen LogP contribution in [-0.4, -0.2) is 31.2 Å². The van der Waals surface area contributed by atoms with Crippen molar-refractivity contribution in [2.75, 3.05) is 20.3 Å². The molecular formula is C25H35ClNO5P. The third-order valence-corrected chi connectivity index (χ3v) is 7.35. The first kappa shape index (κ1) is 26.2. The molecule has 1 fully saturated rings. The molecule has 0 spiro atoms. The van der Waals surface area contributed by atoms with E-state index in [-0.39, 0.29) is 6.61 Å². The van der Waals surface area contributed by atoms with Crippen LogP contribution in [0.3, 0.4) is 0 Å². The van der Waals surface area contributed by atoms with E-state index < -0.39 is 19.3 Å². The standard InChI is InChI=1S/C14H21NO.C11H14ClO4P/c1-3-9-15-12-7-8-13-11(10-12)5-4-6-14(13)16-2;1-11(2)7-15-17(13,14)16-10(11)8-5-3-4-6-9(8)12/h4-6,12,15H,3,7-10H2,1-2H3;3-6,10H,7H2,1-2H3,(H,13,14)/t;10-/m.1/s1. The normalized spacial score (nSPS) is 26.0. The summed E-state index contributed by atoms with van der Waals surface area (Å²) in [5, 5.41) is 4.13. The monoisotopic (exact) mass is 495 g/mol.